The van der Waals surface area contributed by atoms with Crippen LogP contribution in [0.15, 0.2) is 27.4 Å². The molecule has 0 spiro atoms. The minimum Gasteiger partial charge on any atom is -0.408 e. The normalized spacial score (nSPS) is 24.4. The lowest BCUT2D eigenvalue weighted by Crippen LogP contribution is -2.42. The second kappa shape index (κ2) is 4.51. The Hall–Kier alpha value is -1.59. The van der Waals surface area contributed by atoms with Gasteiger partial charge >= 0.3 is 5.76 Å². The molecular weight excluding hydrogens is 242 g/mol. The molecule has 1 unspecified atom stereocenters. The van der Waals surface area contributed by atoms with Gasteiger partial charge in [-0.25, -0.2) is 4.79 Å². The maximum Gasteiger partial charge on any atom is 0.419 e. The first-order valence-electron chi connectivity index (χ1n) is 6.62. The van der Waals surface area contributed by atoms with Crippen LogP contribution in [0, 0.1) is 5.92 Å². The minimum atomic E-state index is -0.321. The third-order valence-electron chi connectivity index (χ3n) is 4.17. The number of aryl methyl sites for hydroxylation is 1. The first kappa shape index (κ1) is 12.4. The molecule has 1 heterocycles. The zero-order valence-electron chi connectivity index (χ0n) is 11.2. The van der Waals surface area contributed by atoms with Crippen molar-refractivity contribution < 1.29 is 4.42 Å². The summed E-state index contributed by atoms with van der Waals surface area (Å²) in [5, 5.41) is 3.34. The Balaban J connectivity index is 1.97. The van der Waals surface area contributed by atoms with Gasteiger partial charge in [0.05, 0.1) is 5.52 Å². The largest absolute Gasteiger partial charge is 0.419 e. The predicted octanol–water partition coefficient (Wildman–Crippen LogP) is 1.13. The number of rotatable bonds is 3. The molecule has 5 nitrogen and oxygen atoms in total. The summed E-state index contributed by atoms with van der Waals surface area (Å²) >= 11 is 0. The van der Waals surface area contributed by atoms with Crippen molar-refractivity contribution in [1.82, 2.24) is 9.88 Å². The van der Waals surface area contributed by atoms with Gasteiger partial charge in [0.15, 0.2) is 5.58 Å². The van der Waals surface area contributed by atoms with E-state index in [2.05, 4.69) is 11.4 Å². The van der Waals surface area contributed by atoms with Crippen LogP contribution >= 0.6 is 0 Å². The Morgan fingerprint density at radius 2 is 2.21 bits per heavy atom. The third kappa shape index (κ3) is 1.99. The SMILES string of the molecule is CNC(c1ccc2c(c1)oc(=O)n2C)C1CC(N)C1. The fourth-order valence-corrected chi connectivity index (χ4v) is 3.00. The van der Waals surface area contributed by atoms with Crippen LogP contribution in [0.3, 0.4) is 0 Å². The highest BCUT2D eigenvalue weighted by Gasteiger charge is 2.33. The molecule has 1 atom stereocenters. The number of oxazole rings is 1. The van der Waals surface area contributed by atoms with E-state index in [-0.39, 0.29) is 11.8 Å². The molecule has 19 heavy (non-hydrogen) atoms. The predicted molar refractivity (Wildman–Crippen MR) is 74.0 cm³/mol. The summed E-state index contributed by atoms with van der Waals surface area (Å²) in [6.45, 7) is 0. The van der Waals surface area contributed by atoms with Crippen LogP contribution in [0.25, 0.3) is 11.1 Å². The minimum absolute atomic E-state index is 0.273. The zero-order chi connectivity index (χ0) is 13.6. The molecule has 1 aromatic heterocycles. The first-order chi connectivity index (χ1) is 9.10. The second-order valence-electron chi connectivity index (χ2n) is 5.41. The molecule has 1 aliphatic rings. The van der Waals surface area contributed by atoms with Crippen LogP contribution in [0.1, 0.15) is 24.4 Å². The molecule has 1 fully saturated rings. The maximum atomic E-state index is 11.5. The molecule has 3 N–H and O–H groups in total. The van der Waals surface area contributed by atoms with E-state index in [4.69, 9.17) is 10.2 Å². The van der Waals surface area contributed by atoms with Crippen LogP contribution in [-0.2, 0) is 7.05 Å². The van der Waals surface area contributed by atoms with E-state index in [0.717, 1.165) is 23.9 Å². The van der Waals surface area contributed by atoms with Gasteiger partial charge in [0.2, 0.25) is 0 Å². The van der Waals surface area contributed by atoms with Crippen LogP contribution in [0.5, 0.6) is 0 Å². The molecule has 1 aliphatic carbocycles. The molecule has 0 radical (unpaired) electrons. The maximum absolute atomic E-state index is 11.5. The smallest absolute Gasteiger partial charge is 0.408 e. The molecule has 3 rings (SSSR count). The van der Waals surface area contributed by atoms with Crippen molar-refractivity contribution in [3.63, 3.8) is 0 Å². The Morgan fingerprint density at radius 1 is 1.47 bits per heavy atom. The number of aromatic nitrogens is 1. The molecule has 1 saturated carbocycles. The number of nitrogens with zero attached hydrogens (tertiary/aromatic N) is 1. The highest BCUT2D eigenvalue weighted by molar-refractivity contribution is 5.73. The van der Waals surface area contributed by atoms with E-state index < -0.39 is 0 Å². The lowest BCUT2D eigenvalue weighted by Gasteiger charge is -2.38. The van der Waals surface area contributed by atoms with E-state index in [0.29, 0.717) is 17.5 Å². The summed E-state index contributed by atoms with van der Waals surface area (Å²) < 4.78 is 6.76. The van der Waals surface area contributed by atoms with Crippen molar-refractivity contribution in [2.45, 2.75) is 24.9 Å². The van der Waals surface area contributed by atoms with E-state index in [9.17, 15) is 4.79 Å². The van der Waals surface area contributed by atoms with Crippen LogP contribution in [0.2, 0.25) is 0 Å². The summed E-state index contributed by atoms with van der Waals surface area (Å²) in [5.41, 5.74) is 8.49. The quantitative estimate of drug-likeness (QED) is 0.868. The first-order valence-corrected chi connectivity index (χ1v) is 6.62. The number of hydrogen-bond acceptors (Lipinski definition) is 4. The Morgan fingerprint density at radius 3 is 2.84 bits per heavy atom. The molecule has 5 heteroatoms. The fourth-order valence-electron chi connectivity index (χ4n) is 3.00. The molecular formula is C14H19N3O2. The van der Waals surface area contributed by atoms with Crippen molar-refractivity contribution in [3.05, 3.63) is 34.3 Å². The summed E-state index contributed by atoms with van der Waals surface area (Å²) in [5.74, 6) is 0.242. The summed E-state index contributed by atoms with van der Waals surface area (Å²) in [6, 6.07) is 6.57. The van der Waals surface area contributed by atoms with Crippen molar-refractivity contribution >= 4 is 11.1 Å². The molecule has 0 amide bonds. The van der Waals surface area contributed by atoms with Crippen molar-refractivity contribution in [3.8, 4) is 0 Å². The van der Waals surface area contributed by atoms with Gasteiger partial charge in [0.1, 0.15) is 0 Å². The molecule has 0 saturated heterocycles. The Bertz CT molecular complexity index is 652. The van der Waals surface area contributed by atoms with Gasteiger partial charge < -0.3 is 15.5 Å². The fraction of sp³-hybridized carbons (Fsp3) is 0.500. The van der Waals surface area contributed by atoms with Gasteiger partial charge in [-0.3, -0.25) is 4.57 Å². The van der Waals surface area contributed by atoms with Gasteiger partial charge in [-0.05, 0) is 43.5 Å². The van der Waals surface area contributed by atoms with Crippen LogP contribution in [-0.4, -0.2) is 17.7 Å². The number of fused-ring (bicyclic) bond motifs is 1. The van der Waals surface area contributed by atoms with Crippen molar-refractivity contribution in [1.29, 1.82) is 0 Å². The average Bonchev–Trinajstić information content (AvgIpc) is 2.64. The monoisotopic (exact) mass is 261 g/mol. The standard InChI is InChI=1S/C14H19N3O2/c1-16-13(9-5-10(15)6-9)8-3-4-11-12(7-8)19-14(18)17(11)2/h3-4,7,9-10,13,16H,5-6,15H2,1-2H3. The molecule has 1 aromatic carbocycles. The van der Waals surface area contributed by atoms with Crippen molar-refractivity contribution in [2.75, 3.05) is 7.05 Å². The van der Waals surface area contributed by atoms with E-state index in [1.807, 2.05) is 19.2 Å². The number of nitrogens with one attached hydrogen (secondary N) is 1. The van der Waals surface area contributed by atoms with E-state index in [1.54, 1.807) is 7.05 Å². The van der Waals surface area contributed by atoms with E-state index >= 15 is 0 Å². The van der Waals surface area contributed by atoms with Gasteiger partial charge in [-0.1, -0.05) is 6.07 Å². The number of hydrogen-bond donors (Lipinski definition) is 2. The molecule has 0 bridgehead atoms. The summed E-state index contributed by atoms with van der Waals surface area (Å²) in [7, 11) is 3.67. The molecule has 0 aliphatic heterocycles. The lowest BCUT2D eigenvalue weighted by atomic mass is 9.74. The molecule has 2 aromatic rings. The Kier molecular flexibility index (Phi) is 2.95. The summed E-state index contributed by atoms with van der Waals surface area (Å²) in [4.78, 5) is 11.5. The second-order valence-corrected chi connectivity index (χ2v) is 5.41. The van der Waals surface area contributed by atoms with Crippen LogP contribution < -0.4 is 16.8 Å². The van der Waals surface area contributed by atoms with Gasteiger partial charge in [-0.15, -0.1) is 0 Å². The average molecular weight is 261 g/mol. The summed E-state index contributed by atoms with van der Waals surface area (Å²) in [6.07, 6.45) is 2.09. The van der Waals surface area contributed by atoms with Crippen molar-refractivity contribution in [2.24, 2.45) is 18.7 Å². The van der Waals surface area contributed by atoms with Gasteiger partial charge in [-0.2, -0.15) is 0 Å². The topological polar surface area (TPSA) is 73.2 Å². The highest BCUT2D eigenvalue weighted by atomic mass is 16.4. The van der Waals surface area contributed by atoms with E-state index in [1.165, 1.54) is 4.57 Å². The highest BCUT2D eigenvalue weighted by Crippen LogP contribution is 2.37. The number of benzene rings is 1. The lowest BCUT2D eigenvalue weighted by molar-refractivity contribution is 0.204. The van der Waals surface area contributed by atoms with Gasteiger partial charge in [0, 0.05) is 19.1 Å². The van der Waals surface area contributed by atoms with Gasteiger partial charge in [0.25, 0.3) is 0 Å². The zero-order valence-corrected chi connectivity index (χ0v) is 11.2. The third-order valence-corrected chi connectivity index (χ3v) is 4.17. The molecule has 102 valence electrons. The number of nitrogens with two attached hydrogens (primary N) is 1. The van der Waals surface area contributed by atoms with Crippen LogP contribution in [0.4, 0.5) is 0 Å². The Labute approximate surface area is 111 Å².